The van der Waals surface area contributed by atoms with Crippen molar-refractivity contribution in [1.82, 2.24) is 4.98 Å². The van der Waals surface area contributed by atoms with E-state index >= 15 is 0 Å². The van der Waals surface area contributed by atoms with Crippen molar-refractivity contribution in [2.75, 3.05) is 5.73 Å². The van der Waals surface area contributed by atoms with Crippen LogP contribution < -0.4 is 11.3 Å². The van der Waals surface area contributed by atoms with E-state index in [1.165, 1.54) is 0 Å². The second-order valence-corrected chi connectivity index (χ2v) is 5.61. The molecule has 0 saturated carbocycles. The molecule has 1 aromatic heterocycles. The number of nitrogens with two attached hydrogens (primary N) is 1. The largest absolute Gasteiger partial charge is 0.384 e. The first-order chi connectivity index (χ1) is 12.1. The first-order valence-electron chi connectivity index (χ1n) is 7.59. The van der Waals surface area contributed by atoms with Crippen LogP contribution in [-0.4, -0.2) is 4.98 Å². The van der Waals surface area contributed by atoms with E-state index in [2.05, 4.69) is 4.98 Å². The van der Waals surface area contributed by atoms with Gasteiger partial charge in [0.1, 0.15) is 29.1 Å². The molecule has 25 heavy (non-hydrogen) atoms. The lowest BCUT2D eigenvalue weighted by Gasteiger charge is -2.11. The van der Waals surface area contributed by atoms with Gasteiger partial charge in [0.2, 0.25) is 0 Å². The molecule has 2 aromatic carbocycles. The molecule has 5 heteroatoms. The van der Waals surface area contributed by atoms with E-state index in [0.717, 1.165) is 16.7 Å². The van der Waals surface area contributed by atoms with Crippen LogP contribution in [-0.2, 0) is 0 Å². The van der Waals surface area contributed by atoms with Crippen LogP contribution in [0.4, 0.5) is 5.82 Å². The predicted octanol–water partition coefficient (Wildman–Crippen LogP) is 3.34. The lowest BCUT2D eigenvalue weighted by Crippen LogP contribution is -2.16. The lowest BCUT2D eigenvalue weighted by molar-refractivity contribution is 1.21. The molecule has 0 unspecified atom stereocenters. The number of aromatic nitrogens is 1. The molecule has 0 atom stereocenters. The Balaban J connectivity index is 2.32. The van der Waals surface area contributed by atoms with Gasteiger partial charge < -0.3 is 10.7 Å². The summed E-state index contributed by atoms with van der Waals surface area (Å²) in [5.74, 6) is -0.0391. The van der Waals surface area contributed by atoms with Gasteiger partial charge in [-0.05, 0) is 35.2 Å². The van der Waals surface area contributed by atoms with Crippen LogP contribution in [0.1, 0.15) is 16.7 Å². The molecule has 3 rings (SSSR count). The number of rotatable bonds is 2. The monoisotopic (exact) mass is 326 g/mol. The van der Waals surface area contributed by atoms with Crippen LogP contribution in [0.2, 0.25) is 0 Å². The number of aryl methyl sites for hydroxylation is 1. The van der Waals surface area contributed by atoms with E-state index in [1.54, 1.807) is 6.07 Å². The van der Waals surface area contributed by atoms with Crippen molar-refractivity contribution in [3.05, 3.63) is 75.6 Å². The van der Waals surface area contributed by atoms with Gasteiger partial charge in [0, 0.05) is 5.56 Å². The molecule has 0 spiro atoms. The van der Waals surface area contributed by atoms with Gasteiger partial charge in [0.25, 0.3) is 5.56 Å². The van der Waals surface area contributed by atoms with E-state index in [4.69, 9.17) is 5.73 Å². The lowest BCUT2D eigenvalue weighted by atomic mass is 9.93. The highest BCUT2D eigenvalue weighted by molar-refractivity contribution is 5.83. The predicted molar refractivity (Wildman–Crippen MR) is 96.5 cm³/mol. The Labute approximate surface area is 144 Å². The summed E-state index contributed by atoms with van der Waals surface area (Å²) in [6.45, 7) is 2.01. The number of nitrogens with one attached hydrogen (secondary N) is 1. The van der Waals surface area contributed by atoms with E-state index in [9.17, 15) is 15.3 Å². The maximum atomic E-state index is 12.1. The fraction of sp³-hybridized carbons (Fsp3) is 0.0500. The summed E-state index contributed by atoms with van der Waals surface area (Å²) in [4.78, 5) is 14.4. The van der Waals surface area contributed by atoms with Crippen molar-refractivity contribution in [3.63, 3.8) is 0 Å². The molecule has 3 aromatic rings. The highest BCUT2D eigenvalue weighted by atomic mass is 16.1. The van der Waals surface area contributed by atoms with E-state index in [-0.39, 0.29) is 22.5 Å². The van der Waals surface area contributed by atoms with Crippen LogP contribution in [0.3, 0.4) is 0 Å². The number of H-pyrrole nitrogens is 1. The van der Waals surface area contributed by atoms with E-state index in [0.29, 0.717) is 5.56 Å². The van der Waals surface area contributed by atoms with Crippen LogP contribution >= 0.6 is 0 Å². The quantitative estimate of drug-likeness (QED) is 0.753. The number of hydrogen-bond acceptors (Lipinski definition) is 4. The summed E-state index contributed by atoms with van der Waals surface area (Å²) in [6, 6.07) is 19.2. The zero-order valence-electron chi connectivity index (χ0n) is 13.5. The van der Waals surface area contributed by atoms with Crippen molar-refractivity contribution in [2.24, 2.45) is 0 Å². The Morgan fingerprint density at radius 3 is 2.32 bits per heavy atom. The average molecular weight is 326 g/mol. The van der Waals surface area contributed by atoms with Gasteiger partial charge in [-0.25, -0.2) is 0 Å². The average Bonchev–Trinajstić information content (AvgIpc) is 2.61. The Hall–Kier alpha value is -3.83. The van der Waals surface area contributed by atoms with Crippen LogP contribution in [0.25, 0.3) is 22.3 Å². The Bertz CT molecular complexity index is 1110. The van der Waals surface area contributed by atoms with Gasteiger partial charge in [-0.2, -0.15) is 10.5 Å². The molecule has 120 valence electrons. The topological polar surface area (TPSA) is 106 Å². The first-order valence-corrected chi connectivity index (χ1v) is 7.59. The summed E-state index contributed by atoms with van der Waals surface area (Å²) >= 11 is 0. The molecule has 0 bridgehead atoms. The van der Waals surface area contributed by atoms with Crippen molar-refractivity contribution < 1.29 is 0 Å². The smallest absolute Gasteiger partial charge is 0.268 e. The van der Waals surface area contributed by atoms with Gasteiger partial charge >= 0.3 is 0 Å². The normalized spacial score (nSPS) is 10.0. The minimum Gasteiger partial charge on any atom is -0.384 e. The molecular weight excluding hydrogens is 312 g/mol. The maximum Gasteiger partial charge on any atom is 0.268 e. The summed E-state index contributed by atoms with van der Waals surface area (Å²) < 4.78 is 0. The van der Waals surface area contributed by atoms with Crippen molar-refractivity contribution in [2.45, 2.75) is 6.92 Å². The second-order valence-electron chi connectivity index (χ2n) is 5.61. The van der Waals surface area contributed by atoms with Crippen molar-refractivity contribution in [1.29, 1.82) is 10.5 Å². The zero-order valence-corrected chi connectivity index (χ0v) is 13.5. The molecule has 1 heterocycles. The van der Waals surface area contributed by atoms with Crippen LogP contribution in [0.15, 0.2) is 53.3 Å². The number of nitrogen functional groups attached to an aromatic ring is 1. The number of pyridine rings is 1. The van der Waals surface area contributed by atoms with Crippen molar-refractivity contribution >= 4 is 5.82 Å². The molecule has 0 amide bonds. The number of anilines is 1. The molecule has 3 N–H and O–H groups in total. The minimum absolute atomic E-state index is 0.0391. The molecule has 0 fully saturated rings. The Morgan fingerprint density at radius 2 is 1.64 bits per heavy atom. The van der Waals surface area contributed by atoms with Gasteiger partial charge in [-0.3, -0.25) is 4.79 Å². The summed E-state index contributed by atoms with van der Waals surface area (Å²) in [5, 5.41) is 18.8. The second kappa shape index (κ2) is 6.35. The van der Waals surface area contributed by atoms with Gasteiger partial charge in [-0.1, -0.05) is 42.5 Å². The number of aromatic amines is 1. The van der Waals surface area contributed by atoms with Crippen LogP contribution in [0, 0.1) is 29.6 Å². The number of hydrogen-bond donors (Lipinski definition) is 2. The van der Waals surface area contributed by atoms with Gasteiger partial charge in [0.15, 0.2) is 0 Å². The van der Waals surface area contributed by atoms with E-state index < -0.39 is 5.56 Å². The highest BCUT2D eigenvalue weighted by Crippen LogP contribution is 2.32. The molecule has 0 aliphatic heterocycles. The fourth-order valence-electron chi connectivity index (χ4n) is 2.87. The van der Waals surface area contributed by atoms with Crippen LogP contribution in [0.5, 0.6) is 0 Å². The molecule has 0 aliphatic carbocycles. The third-order valence-electron chi connectivity index (χ3n) is 4.08. The molecule has 0 aliphatic rings. The SMILES string of the molecule is Cc1ccccc1-c1cccc(-c2c(C#N)c(N)[nH]c(=O)c2C#N)c1. The minimum atomic E-state index is -0.602. The number of nitrogens with zero attached hydrogens (tertiary/aromatic N) is 2. The Kier molecular flexibility index (Phi) is 4.07. The summed E-state index contributed by atoms with van der Waals surface area (Å²) in [6.07, 6.45) is 0. The molecule has 0 radical (unpaired) electrons. The number of benzene rings is 2. The van der Waals surface area contributed by atoms with Gasteiger partial charge in [0.05, 0.1) is 0 Å². The standard InChI is InChI=1S/C20H14N4O/c1-12-5-2-3-8-15(12)13-6-4-7-14(9-13)18-16(10-21)19(23)24-20(25)17(18)11-22/h2-9H,1H3,(H3,23,24,25). The molecule has 5 nitrogen and oxygen atoms in total. The summed E-state index contributed by atoms with van der Waals surface area (Å²) in [7, 11) is 0. The van der Waals surface area contributed by atoms with E-state index in [1.807, 2.05) is 61.5 Å². The highest BCUT2D eigenvalue weighted by Gasteiger charge is 2.18. The third-order valence-corrected chi connectivity index (χ3v) is 4.08. The fourth-order valence-corrected chi connectivity index (χ4v) is 2.87. The zero-order chi connectivity index (χ0) is 18.0. The molecular formula is C20H14N4O. The van der Waals surface area contributed by atoms with Gasteiger partial charge in [-0.15, -0.1) is 0 Å². The first kappa shape index (κ1) is 16.0. The summed E-state index contributed by atoms with van der Waals surface area (Å²) in [5.41, 5.74) is 9.10. The molecule has 0 saturated heterocycles. The third kappa shape index (κ3) is 2.75. The van der Waals surface area contributed by atoms with Crippen molar-refractivity contribution in [3.8, 4) is 34.4 Å². The maximum absolute atomic E-state index is 12.1. The number of nitriles is 2. The Morgan fingerprint density at radius 1 is 0.960 bits per heavy atom.